The summed E-state index contributed by atoms with van der Waals surface area (Å²) in [7, 11) is 0. The van der Waals surface area contributed by atoms with Gasteiger partial charge in [-0.15, -0.1) is 5.92 Å². The Morgan fingerprint density at radius 3 is 2.62 bits per heavy atom. The molecule has 7 nitrogen and oxygen atoms in total. The van der Waals surface area contributed by atoms with Gasteiger partial charge in [0.2, 0.25) is 0 Å². The van der Waals surface area contributed by atoms with Gasteiger partial charge in [0.15, 0.2) is 11.6 Å². The monoisotopic (exact) mass is 337 g/mol. The van der Waals surface area contributed by atoms with E-state index in [1.54, 1.807) is 6.92 Å². The number of carbonyl (C=O) groups is 2. The third-order valence-corrected chi connectivity index (χ3v) is 3.06. The highest BCUT2D eigenvalue weighted by molar-refractivity contribution is 5.98. The van der Waals surface area contributed by atoms with Crippen molar-refractivity contribution in [3.63, 3.8) is 0 Å². The molecule has 0 unspecified atom stereocenters. The lowest BCUT2D eigenvalue weighted by Crippen LogP contribution is -2.61. The first kappa shape index (κ1) is 19.4. The molecule has 130 valence electrons. The highest BCUT2D eigenvalue weighted by Crippen LogP contribution is 2.18. The molecular formula is C16H20FN3O4. The van der Waals surface area contributed by atoms with E-state index >= 15 is 0 Å². The number of nitrogens with one attached hydrogen (secondary N) is 2. The maximum atomic E-state index is 13.9. The van der Waals surface area contributed by atoms with E-state index in [1.807, 2.05) is 0 Å². The molecular weight excluding hydrogens is 317 g/mol. The number of benzene rings is 1. The van der Waals surface area contributed by atoms with Gasteiger partial charge in [0.25, 0.3) is 11.8 Å². The summed E-state index contributed by atoms with van der Waals surface area (Å²) in [6.07, 6.45) is 0. The summed E-state index contributed by atoms with van der Waals surface area (Å²) in [5.74, 6) is 2.84. The molecule has 0 bridgehead atoms. The van der Waals surface area contributed by atoms with Crippen LogP contribution in [0.1, 0.15) is 31.1 Å². The second-order valence-electron chi connectivity index (χ2n) is 5.56. The molecule has 0 radical (unpaired) electrons. The molecule has 24 heavy (non-hydrogen) atoms. The second-order valence-corrected chi connectivity index (χ2v) is 5.56. The molecule has 1 rings (SSSR count). The van der Waals surface area contributed by atoms with Crippen LogP contribution in [0.4, 0.5) is 4.39 Å². The second kappa shape index (κ2) is 8.29. The van der Waals surface area contributed by atoms with Crippen LogP contribution in [-0.2, 0) is 4.79 Å². The van der Waals surface area contributed by atoms with Crippen LogP contribution in [0.3, 0.4) is 0 Å². The first-order chi connectivity index (χ1) is 11.2. The van der Waals surface area contributed by atoms with Gasteiger partial charge in [-0.1, -0.05) is 5.92 Å². The Hall–Kier alpha value is -2.63. The van der Waals surface area contributed by atoms with Crippen molar-refractivity contribution >= 4 is 11.8 Å². The number of rotatable bonds is 6. The average Bonchev–Trinajstić information content (AvgIpc) is 2.52. The standard InChI is InChI=1S/C16H20FN3O4/c1-4-5-8-24-12-7-6-10(9-11(12)17)14(21)19-13(15(22)20-23)16(2,3)18/h6-7,9,13,23H,8,18H2,1-3H3,(H,19,21)(H,20,22)/t13-/m1/s1. The first-order valence-corrected chi connectivity index (χ1v) is 7.06. The highest BCUT2D eigenvalue weighted by Gasteiger charge is 2.33. The van der Waals surface area contributed by atoms with Gasteiger partial charge in [-0.2, -0.15) is 0 Å². The third kappa shape index (κ3) is 5.22. The van der Waals surface area contributed by atoms with Crippen LogP contribution in [0.25, 0.3) is 0 Å². The van der Waals surface area contributed by atoms with Gasteiger partial charge in [0.1, 0.15) is 12.6 Å². The van der Waals surface area contributed by atoms with Gasteiger partial charge in [-0.3, -0.25) is 14.8 Å². The molecule has 8 heteroatoms. The lowest BCUT2D eigenvalue weighted by molar-refractivity contribution is -0.132. The Morgan fingerprint density at radius 1 is 1.46 bits per heavy atom. The summed E-state index contributed by atoms with van der Waals surface area (Å²) in [4.78, 5) is 23.8. The van der Waals surface area contributed by atoms with E-state index in [2.05, 4.69) is 17.2 Å². The molecule has 0 aliphatic carbocycles. The molecule has 1 atom stereocenters. The minimum atomic E-state index is -1.21. The topological polar surface area (TPSA) is 114 Å². The summed E-state index contributed by atoms with van der Waals surface area (Å²) in [6, 6.07) is 2.39. The van der Waals surface area contributed by atoms with Crippen molar-refractivity contribution in [2.45, 2.75) is 32.4 Å². The van der Waals surface area contributed by atoms with Gasteiger partial charge in [-0.05, 0) is 39.0 Å². The van der Waals surface area contributed by atoms with Gasteiger partial charge in [0.05, 0.1) is 0 Å². The molecule has 0 aliphatic rings. The number of carbonyl (C=O) groups excluding carboxylic acids is 2. The van der Waals surface area contributed by atoms with Crippen molar-refractivity contribution in [3.8, 4) is 17.6 Å². The fraction of sp³-hybridized carbons (Fsp3) is 0.375. The molecule has 0 aromatic heterocycles. The van der Waals surface area contributed by atoms with E-state index in [-0.39, 0.29) is 17.9 Å². The molecule has 0 spiro atoms. The molecule has 0 aliphatic heterocycles. The molecule has 1 aromatic carbocycles. The largest absolute Gasteiger partial charge is 0.478 e. The number of nitrogens with two attached hydrogens (primary N) is 1. The van der Waals surface area contributed by atoms with E-state index in [0.717, 1.165) is 6.07 Å². The van der Waals surface area contributed by atoms with Crippen molar-refractivity contribution < 1.29 is 23.9 Å². The van der Waals surface area contributed by atoms with Crippen LogP contribution in [0.2, 0.25) is 0 Å². The van der Waals surface area contributed by atoms with Crippen molar-refractivity contribution in [2.24, 2.45) is 5.73 Å². The minimum Gasteiger partial charge on any atom is -0.478 e. The number of hydroxylamine groups is 1. The number of halogens is 1. The molecule has 0 fully saturated rings. The van der Waals surface area contributed by atoms with Gasteiger partial charge >= 0.3 is 0 Å². The van der Waals surface area contributed by atoms with Crippen LogP contribution >= 0.6 is 0 Å². The molecule has 0 saturated heterocycles. The maximum absolute atomic E-state index is 13.9. The predicted octanol–water partition coefficient (Wildman–Crippen LogP) is 0.569. The Bertz CT molecular complexity index is 674. The average molecular weight is 337 g/mol. The summed E-state index contributed by atoms with van der Waals surface area (Å²) in [6.45, 7) is 4.66. The summed E-state index contributed by atoms with van der Waals surface area (Å²) in [5.41, 5.74) is 6.07. The number of hydrogen-bond acceptors (Lipinski definition) is 5. The van der Waals surface area contributed by atoms with Crippen molar-refractivity contribution in [2.75, 3.05) is 6.61 Å². The molecule has 5 N–H and O–H groups in total. The van der Waals surface area contributed by atoms with Crippen LogP contribution in [0.5, 0.6) is 5.75 Å². The van der Waals surface area contributed by atoms with Gasteiger partial charge in [0, 0.05) is 11.1 Å². The van der Waals surface area contributed by atoms with Crippen molar-refractivity contribution in [3.05, 3.63) is 29.6 Å². The zero-order valence-corrected chi connectivity index (χ0v) is 13.6. The molecule has 0 heterocycles. The quantitative estimate of drug-likeness (QED) is 0.344. The van der Waals surface area contributed by atoms with Crippen molar-refractivity contribution in [1.82, 2.24) is 10.8 Å². The van der Waals surface area contributed by atoms with E-state index in [1.165, 1.54) is 31.5 Å². The van der Waals surface area contributed by atoms with Crippen LogP contribution in [0.15, 0.2) is 18.2 Å². The normalized spacial score (nSPS) is 11.8. The minimum absolute atomic E-state index is 0.0265. The fourth-order valence-electron chi connectivity index (χ4n) is 1.81. The van der Waals surface area contributed by atoms with Crippen LogP contribution in [0, 0.1) is 17.7 Å². The maximum Gasteiger partial charge on any atom is 0.267 e. The molecule has 1 aromatic rings. The molecule has 0 saturated carbocycles. The summed E-state index contributed by atoms with van der Waals surface area (Å²) in [5, 5.41) is 11.1. The van der Waals surface area contributed by atoms with E-state index < -0.39 is 29.2 Å². The number of ether oxygens (including phenoxy) is 1. The molecule has 2 amide bonds. The van der Waals surface area contributed by atoms with Gasteiger partial charge in [-0.25, -0.2) is 9.87 Å². The summed E-state index contributed by atoms with van der Waals surface area (Å²) >= 11 is 0. The van der Waals surface area contributed by atoms with Crippen molar-refractivity contribution in [1.29, 1.82) is 0 Å². The van der Waals surface area contributed by atoms with Gasteiger partial charge < -0.3 is 15.8 Å². The number of hydrogen-bond donors (Lipinski definition) is 4. The van der Waals surface area contributed by atoms with Crippen LogP contribution < -0.4 is 21.3 Å². The Balaban J connectivity index is 2.92. The van der Waals surface area contributed by atoms with E-state index in [9.17, 15) is 14.0 Å². The van der Waals surface area contributed by atoms with Crippen LogP contribution in [-0.4, -0.2) is 35.2 Å². The Morgan fingerprint density at radius 2 is 2.12 bits per heavy atom. The van der Waals surface area contributed by atoms with E-state index in [0.29, 0.717) is 0 Å². The third-order valence-electron chi connectivity index (χ3n) is 3.06. The summed E-state index contributed by atoms with van der Waals surface area (Å²) < 4.78 is 19.0. The number of amides is 2. The highest BCUT2D eigenvalue weighted by atomic mass is 19.1. The SMILES string of the molecule is CC#CCOc1ccc(C(=O)N[C@H](C(=O)NO)C(C)(C)N)cc1F. The zero-order valence-electron chi connectivity index (χ0n) is 13.6. The Labute approximate surface area is 139 Å². The predicted molar refractivity (Wildman–Crippen MR) is 84.8 cm³/mol. The van der Waals surface area contributed by atoms with E-state index in [4.69, 9.17) is 15.7 Å². The zero-order chi connectivity index (χ0) is 18.3. The lowest BCUT2D eigenvalue weighted by Gasteiger charge is -2.29. The first-order valence-electron chi connectivity index (χ1n) is 7.06. The fourth-order valence-corrected chi connectivity index (χ4v) is 1.81. The lowest BCUT2D eigenvalue weighted by atomic mass is 9.95. The Kier molecular flexibility index (Phi) is 6.70. The smallest absolute Gasteiger partial charge is 0.267 e.